The summed E-state index contributed by atoms with van der Waals surface area (Å²) >= 11 is 0. The van der Waals surface area contributed by atoms with E-state index < -0.39 is 0 Å². The van der Waals surface area contributed by atoms with Gasteiger partial charge in [-0.2, -0.15) is 0 Å². The largest absolute Gasteiger partial charge is 0.466 e. The van der Waals surface area contributed by atoms with Crippen LogP contribution in [0.5, 0.6) is 0 Å². The summed E-state index contributed by atoms with van der Waals surface area (Å²) in [5.74, 6) is -0.263. The summed E-state index contributed by atoms with van der Waals surface area (Å²) in [5.41, 5.74) is 4.68. The van der Waals surface area contributed by atoms with Crippen LogP contribution in [0.4, 0.5) is 11.4 Å². The van der Waals surface area contributed by atoms with E-state index in [1.165, 1.54) is 0 Å². The first kappa shape index (κ1) is 31.6. The van der Waals surface area contributed by atoms with E-state index >= 15 is 0 Å². The smallest absolute Gasteiger partial charge is 0.309 e. The summed E-state index contributed by atoms with van der Waals surface area (Å²) in [6.07, 6.45) is 2.15. The predicted molar refractivity (Wildman–Crippen MR) is 179 cm³/mol. The van der Waals surface area contributed by atoms with Crippen LogP contribution in [0.3, 0.4) is 0 Å². The number of nitrogens with one attached hydrogen (secondary N) is 1. The van der Waals surface area contributed by atoms with Crippen LogP contribution < -0.4 is 15.8 Å². The van der Waals surface area contributed by atoms with Crippen LogP contribution in [0.15, 0.2) is 65.5 Å². The van der Waals surface area contributed by atoms with E-state index in [0.29, 0.717) is 68.4 Å². The zero-order chi connectivity index (χ0) is 32.6. The van der Waals surface area contributed by atoms with Crippen LogP contribution in [-0.4, -0.2) is 60.0 Å². The molecule has 9 heteroatoms. The first-order valence-corrected chi connectivity index (χ1v) is 16.5. The van der Waals surface area contributed by atoms with Crippen LogP contribution in [-0.2, 0) is 21.5 Å². The van der Waals surface area contributed by atoms with E-state index in [0.717, 1.165) is 29.9 Å². The Kier molecular flexibility index (Phi) is 8.77. The molecule has 9 nitrogen and oxygen atoms in total. The summed E-state index contributed by atoms with van der Waals surface area (Å²) in [5, 5.41) is 3.14. The molecule has 2 amide bonds. The first-order chi connectivity index (χ1) is 22.0. The van der Waals surface area contributed by atoms with Crippen LogP contribution in [0, 0.1) is 11.8 Å². The lowest BCUT2D eigenvalue weighted by molar-refractivity contribution is -0.149. The number of carbonyl (C=O) groups excluding carboxylic acids is 3. The summed E-state index contributed by atoms with van der Waals surface area (Å²) in [4.78, 5) is 56.2. The van der Waals surface area contributed by atoms with Gasteiger partial charge in [0, 0.05) is 61.5 Å². The van der Waals surface area contributed by atoms with Gasteiger partial charge in [0.15, 0.2) is 0 Å². The van der Waals surface area contributed by atoms with Gasteiger partial charge < -0.3 is 24.4 Å². The molecule has 1 N–H and O–H groups in total. The minimum Gasteiger partial charge on any atom is -0.466 e. The molecule has 2 saturated heterocycles. The fraction of sp³-hybridized carbons (Fsp3) is 0.459. The molecule has 0 aliphatic carbocycles. The molecule has 4 heterocycles. The van der Waals surface area contributed by atoms with Gasteiger partial charge in [0.25, 0.3) is 17.4 Å². The SMILES string of the molecule is CCOC(=O)C1CCN(C(=O)c2ccc(N3CC4CC(C3)c3cccc(=O)n3C4)c(NC(=O)c3ccc(C(C)(C)C)cc3)c2)CC1. The number of amides is 2. The third-order valence-corrected chi connectivity index (χ3v) is 9.73. The molecule has 2 aromatic carbocycles. The Hall–Kier alpha value is -4.40. The molecule has 3 aliphatic rings. The highest BCUT2D eigenvalue weighted by Crippen LogP contribution is 2.39. The number of aromatic nitrogens is 1. The van der Waals surface area contributed by atoms with E-state index in [9.17, 15) is 19.2 Å². The number of anilines is 2. The van der Waals surface area contributed by atoms with Gasteiger partial charge in [-0.3, -0.25) is 19.2 Å². The number of carbonyl (C=O) groups is 3. The Bertz CT molecular complexity index is 1680. The van der Waals surface area contributed by atoms with Crippen molar-refractivity contribution >= 4 is 29.2 Å². The fourth-order valence-corrected chi connectivity index (χ4v) is 7.22. The number of esters is 1. The molecule has 3 aliphatic heterocycles. The maximum absolute atomic E-state index is 13.7. The Labute approximate surface area is 270 Å². The highest BCUT2D eigenvalue weighted by molar-refractivity contribution is 6.07. The number of hydrogen-bond donors (Lipinski definition) is 1. The lowest BCUT2D eigenvalue weighted by atomic mass is 9.83. The van der Waals surface area contributed by atoms with E-state index in [1.54, 1.807) is 24.0 Å². The quantitative estimate of drug-likeness (QED) is 0.367. The lowest BCUT2D eigenvalue weighted by Gasteiger charge is -2.44. The molecular weight excluding hydrogens is 580 g/mol. The van der Waals surface area contributed by atoms with Gasteiger partial charge in [-0.1, -0.05) is 39.0 Å². The minimum atomic E-state index is -0.240. The molecule has 242 valence electrons. The number of likely N-dealkylation sites (tertiary alicyclic amines) is 1. The van der Waals surface area contributed by atoms with Gasteiger partial charge in [-0.15, -0.1) is 0 Å². The van der Waals surface area contributed by atoms with Crippen molar-refractivity contribution in [3.8, 4) is 0 Å². The summed E-state index contributed by atoms with van der Waals surface area (Å²) in [6, 6.07) is 18.7. The molecule has 0 spiro atoms. The Morgan fingerprint density at radius 3 is 2.33 bits per heavy atom. The molecule has 0 radical (unpaired) electrons. The number of fused-ring (bicyclic) bond motifs is 4. The number of pyridine rings is 1. The monoisotopic (exact) mass is 624 g/mol. The van der Waals surface area contributed by atoms with Gasteiger partial charge in [0.2, 0.25) is 0 Å². The van der Waals surface area contributed by atoms with Crippen LogP contribution in [0.2, 0.25) is 0 Å². The summed E-state index contributed by atoms with van der Waals surface area (Å²) in [7, 11) is 0. The second-order valence-corrected chi connectivity index (χ2v) is 13.9. The van der Waals surface area contributed by atoms with E-state index in [4.69, 9.17) is 4.74 Å². The van der Waals surface area contributed by atoms with Crippen molar-refractivity contribution in [1.29, 1.82) is 0 Å². The second kappa shape index (κ2) is 12.8. The Morgan fingerprint density at radius 2 is 1.63 bits per heavy atom. The summed E-state index contributed by atoms with van der Waals surface area (Å²) in [6.45, 7) is 11.6. The van der Waals surface area contributed by atoms with Crippen LogP contribution in [0.25, 0.3) is 0 Å². The topological polar surface area (TPSA) is 101 Å². The lowest BCUT2D eigenvalue weighted by Crippen LogP contribution is -2.47. The second-order valence-electron chi connectivity index (χ2n) is 13.9. The first-order valence-electron chi connectivity index (χ1n) is 16.5. The maximum atomic E-state index is 13.7. The van der Waals surface area contributed by atoms with Gasteiger partial charge >= 0.3 is 5.97 Å². The average molecular weight is 625 g/mol. The highest BCUT2D eigenvalue weighted by atomic mass is 16.5. The van der Waals surface area contributed by atoms with Crippen molar-refractivity contribution in [3.05, 3.63) is 93.4 Å². The van der Waals surface area contributed by atoms with Crippen molar-refractivity contribution in [2.45, 2.75) is 64.8 Å². The third-order valence-electron chi connectivity index (χ3n) is 9.73. The van der Waals surface area contributed by atoms with Gasteiger partial charge in [-0.05, 0) is 79.5 Å². The third kappa shape index (κ3) is 6.46. The number of benzene rings is 2. The normalized spacial score (nSPS) is 19.7. The van der Waals surface area contributed by atoms with Crippen LogP contribution in [0.1, 0.15) is 84.8 Å². The summed E-state index contributed by atoms with van der Waals surface area (Å²) < 4.78 is 7.10. The molecule has 2 bridgehead atoms. The predicted octanol–water partition coefficient (Wildman–Crippen LogP) is 5.44. The zero-order valence-corrected chi connectivity index (χ0v) is 27.3. The van der Waals surface area contributed by atoms with Crippen molar-refractivity contribution in [2.24, 2.45) is 11.8 Å². The average Bonchev–Trinajstić information content (AvgIpc) is 3.04. The van der Waals surface area contributed by atoms with Crippen molar-refractivity contribution in [3.63, 3.8) is 0 Å². The molecule has 3 aromatic rings. The number of hydrogen-bond acceptors (Lipinski definition) is 6. The van der Waals surface area contributed by atoms with Gasteiger partial charge in [-0.25, -0.2) is 0 Å². The number of nitrogens with zero attached hydrogens (tertiary/aromatic N) is 3. The van der Waals surface area contributed by atoms with E-state index in [-0.39, 0.29) is 40.6 Å². The molecular formula is C37H44N4O5. The molecule has 2 atom stereocenters. The highest BCUT2D eigenvalue weighted by Gasteiger charge is 2.36. The van der Waals surface area contributed by atoms with Crippen molar-refractivity contribution in [2.75, 3.05) is 43.0 Å². The van der Waals surface area contributed by atoms with Crippen molar-refractivity contribution < 1.29 is 19.1 Å². The Balaban J connectivity index is 1.27. The van der Waals surface area contributed by atoms with E-state index in [1.807, 2.05) is 53.1 Å². The number of rotatable bonds is 6. The van der Waals surface area contributed by atoms with Crippen molar-refractivity contribution in [1.82, 2.24) is 9.47 Å². The Morgan fingerprint density at radius 1 is 0.913 bits per heavy atom. The van der Waals surface area contributed by atoms with E-state index in [2.05, 4.69) is 31.0 Å². The molecule has 1 aromatic heterocycles. The standard InChI is InChI=1S/C37H44N4O5/c1-5-46-36(45)26-15-17-39(18-16-26)35(44)27-11-14-32(30(20-27)38-34(43)25-9-12-29(13-10-25)37(2,3)4)40-21-24-19-28(23-40)31-7-6-8-33(42)41(31)22-24/h6-14,20,24,26,28H,5,15-19,21-23H2,1-4H3,(H,38,43). The van der Waals surface area contributed by atoms with Gasteiger partial charge in [0.05, 0.1) is 23.9 Å². The maximum Gasteiger partial charge on any atom is 0.309 e. The number of piperidine rings is 2. The van der Waals surface area contributed by atoms with Gasteiger partial charge in [0.1, 0.15) is 0 Å². The zero-order valence-electron chi connectivity index (χ0n) is 27.3. The number of ether oxygens (including phenoxy) is 1. The molecule has 2 fully saturated rings. The molecule has 2 unspecified atom stereocenters. The minimum absolute atomic E-state index is 0.0300. The molecule has 0 saturated carbocycles. The molecule has 46 heavy (non-hydrogen) atoms. The fourth-order valence-electron chi connectivity index (χ4n) is 7.22. The molecule has 6 rings (SSSR count). The van der Waals surface area contributed by atoms with Crippen LogP contribution >= 0.6 is 0 Å².